The molecule has 2 aromatic rings. The fourth-order valence-corrected chi connectivity index (χ4v) is 2.52. The fourth-order valence-electron chi connectivity index (χ4n) is 2.52. The predicted octanol–water partition coefficient (Wildman–Crippen LogP) is 2.47. The number of nitrogens with zero attached hydrogens (tertiary/aromatic N) is 1. The van der Waals surface area contributed by atoms with E-state index in [2.05, 4.69) is 15.3 Å². The Morgan fingerprint density at radius 2 is 2.37 bits per heavy atom. The van der Waals surface area contributed by atoms with E-state index in [0.717, 1.165) is 25.0 Å². The van der Waals surface area contributed by atoms with Gasteiger partial charge in [-0.15, -0.1) is 0 Å². The van der Waals surface area contributed by atoms with Gasteiger partial charge in [-0.2, -0.15) is 4.98 Å². The van der Waals surface area contributed by atoms with Crippen LogP contribution in [0.2, 0.25) is 0 Å². The summed E-state index contributed by atoms with van der Waals surface area (Å²) in [5, 5.41) is 3.39. The molecule has 0 aliphatic carbocycles. The van der Waals surface area contributed by atoms with Crippen LogP contribution in [0.15, 0.2) is 18.2 Å². The molecule has 1 aliphatic rings. The molecule has 0 radical (unpaired) electrons. The number of ether oxygens (including phenoxy) is 1. The first-order chi connectivity index (χ1) is 9.31. The van der Waals surface area contributed by atoms with E-state index in [1.807, 2.05) is 0 Å². The summed E-state index contributed by atoms with van der Waals surface area (Å²) in [6.07, 6.45) is 3.54. The van der Waals surface area contributed by atoms with Crippen LogP contribution in [-0.2, 0) is 0 Å². The molecular formula is C14H18FN3O. The zero-order valence-corrected chi connectivity index (χ0v) is 10.8. The van der Waals surface area contributed by atoms with Crippen molar-refractivity contribution in [3.05, 3.63) is 24.0 Å². The lowest BCUT2D eigenvalue weighted by atomic mass is 9.97. The zero-order valence-electron chi connectivity index (χ0n) is 10.8. The third kappa shape index (κ3) is 3.04. The topological polar surface area (TPSA) is 49.9 Å². The SMILES string of the molecule is Fc1ccc2nc(OCCC3CCCNC3)[nH]c2c1. The Bertz CT molecular complexity index is 549. The minimum atomic E-state index is -0.268. The summed E-state index contributed by atoms with van der Waals surface area (Å²) in [5.74, 6) is 0.423. The molecule has 2 N–H and O–H groups in total. The number of benzene rings is 1. The van der Waals surface area contributed by atoms with Crippen molar-refractivity contribution >= 4 is 11.0 Å². The van der Waals surface area contributed by atoms with Crippen LogP contribution in [0.3, 0.4) is 0 Å². The zero-order chi connectivity index (χ0) is 13.1. The maximum absolute atomic E-state index is 13.0. The Morgan fingerprint density at radius 3 is 3.21 bits per heavy atom. The number of aromatic amines is 1. The highest BCUT2D eigenvalue weighted by atomic mass is 19.1. The molecule has 1 aliphatic heterocycles. The Morgan fingerprint density at radius 1 is 1.42 bits per heavy atom. The van der Waals surface area contributed by atoms with Gasteiger partial charge in [0.05, 0.1) is 17.6 Å². The summed E-state index contributed by atoms with van der Waals surface area (Å²) in [7, 11) is 0. The molecule has 1 atom stereocenters. The molecular weight excluding hydrogens is 245 g/mol. The highest BCUT2D eigenvalue weighted by Crippen LogP contribution is 2.18. The van der Waals surface area contributed by atoms with Crippen LogP contribution < -0.4 is 10.1 Å². The standard InChI is InChI=1S/C14H18FN3O/c15-11-3-4-12-13(8-11)18-14(17-12)19-7-5-10-2-1-6-16-9-10/h3-4,8,10,16H,1-2,5-7,9H2,(H,17,18). The molecule has 0 saturated carbocycles. The molecule has 19 heavy (non-hydrogen) atoms. The van der Waals surface area contributed by atoms with Crippen molar-refractivity contribution in [2.24, 2.45) is 5.92 Å². The highest BCUT2D eigenvalue weighted by molar-refractivity contribution is 5.75. The highest BCUT2D eigenvalue weighted by Gasteiger charge is 2.13. The van der Waals surface area contributed by atoms with Gasteiger partial charge in [-0.1, -0.05) is 0 Å². The van der Waals surface area contributed by atoms with Gasteiger partial charge in [0.15, 0.2) is 0 Å². The van der Waals surface area contributed by atoms with Gasteiger partial charge in [0.2, 0.25) is 0 Å². The summed E-state index contributed by atoms with van der Waals surface area (Å²) in [6.45, 7) is 2.86. The van der Waals surface area contributed by atoms with Crippen molar-refractivity contribution in [2.45, 2.75) is 19.3 Å². The van der Waals surface area contributed by atoms with Gasteiger partial charge in [0, 0.05) is 0 Å². The second-order valence-electron chi connectivity index (χ2n) is 5.05. The smallest absolute Gasteiger partial charge is 0.294 e. The Hall–Kier alpha value is -1.62. The molecule has 1 aromatic carbocycles. The van der Waals surface area contributed by atoms with Crippen molar-refractivity contribution in [1.29, 1.82) is 0 Å². The summed E-state index contributed by atoms with van der Waals surface area (Å²) in [4.78, 5) is 7.26. The number of nitrogens with one attached hydrogen (secondary N) is 2. The maximum atomic E-state index is 13.0. The Kier molecular flexibility index (Phi) is 3.64. The van der Waals surface area contributed by atoms with Crippen molar-refractivity contribution < 1.29 is 9.13 Å². The van der Waals surface area contributed by atoms with Crippen molar-refractivity contribution in [1.82, 2.24) is 15.3 Å². The van der Waals surface area contributed by atoms with Crippen LogP contribution >= 0.6 is 0 Å². The number of H-pyrrole nitrogens is 1. The second kappa shape index (κ2) is 5.57. The van der Waals surface area contributed by atoms with E-state index in [9.17, 15) is 4.39 Å². The quantitative estimate of drug-likeness (QED) is 0.891. The van der Waals surface area contributed by atoms with Crippen LogP contribution in [0.5, 0.6) is 6.01 Å². The largest absolute Gasteiger partial charge is 0.465 e. The molecule has 5 heteroatoms. The second-order valence-corrected chi connectivity index (χ2v) is 5.05. The number of hydrogen-bond acceptors (Lipinski definition) is 3. The average molecular weight is 263 g/mol. The van der Waals surface area contributed by atoms with Crippen LogP contribution in [-0.4, -0.2) is 29.7 Å². The van der Waals surface area contributed by atoms with Gasteiger partial charge in [-0.25, -0.2) is 4.39 Å². The molecule has 0 spiro atoms. The van der Waals surface area contributed by atoms with Crippen molar-refractivity contribution in [2.75, 3.05) is 19.7 Å². The molecule has 1 aromatic heterocycles. The third-order valence-corrected chi connectivity index (χ3v) is 3.59. The Labute approximate surface area is 111 Å². The van der Waals surface area contributed by atoms with Crippen molar-refractivity contribution in [3.8, 4) is 6.01 Å². The molecule has 0 bridgehead atoms. The van der Waals surface area contributed by atoms with Gasteiger partial charge >= 0.3 is 0 Å². The van der Waals surface area contributed by atoms with E-state index >= 15 is 0 Å². The van der Waals surface area contributed by atoms with Crippen molar-refractivity contribution in [3.63, 3.8) is 0 Å². The van der Waals surface area contributed by atoms with Gasteiger partial charge in [0.1, 0.15) is 5.82 Å². The predicted molar refractivity (Wildman–Crippen MR) is 71.8 cm³/mol. The van der Waals surface area contributed by atoms with Crippen LogP contribution in [0, 0.1) is 11.7 Å². The molecule has 2 heterocycles. The molecule has 102 valence electrons. The van der Waals surface area contributed by atoms with Gasteiger partial charge in [-0.05, 0) is 56.5 Å². The van der Waals surface area contributed by atoms with Gasteiger partial charge in [0.25, 0.3) is 6.01 Å². The lowest BCUT2D eigenvalue weighted by Crippen LogP contribution is -2.30. The maximum Gasteiger partial charge on any atom is 0.294 e. The monoisotopic (exact) mass is 263 g/mol. The minimum absolute atomic E-state index is 0.268. The molecule has 3 rings (SSSR count). The first-order valence-electron chi connectivity index (χ1n) is 6.80. The number of aromatic nitrogens is 2. The number of rotatable bonds is 4. The average Bonchev–Trinajstić information content (AvgIpc) is 2.82. The number of halogens is 1. The van der Waals surface area contributed by atoms with E-state index in [1.54, 1.807) is 6.07 Å². The van der Waals surface area contributed by atoms with Crippen LogP contribution in [0.25, 0.3) is 11.0 Å². The van der Waals surface area contributed by atoms with E-state index in [-0.39, 0.29) is 5.82 Å². The molecule has 4 nitrogen and oxygen atoms in total. The van der Waals surface area contributed by atoms with Gasteiger partial charge in [-0.3, -0.25) is 0 Å². The fraction of sp³-hybridized carbons (Fsp3) is 0.500. The summed E-state index contributed by atoms with van der Waals surface area (Å²) in [6, 6.07) is 4.96. The number of fused-ring (bicyclic) bond motifs is 1. The summed E-state index contributed by atoms with van der Waals surface area (Å²) in [5.41, 5.74) is 1.41. The summed E-state index contributed by atoms with van der Waals surface area (Å²) < 4.78 is 18.7. The number of imidazole rings is 1. The molecule has 0 amide bonds. The molecule has 1 unspecified atom stereocenters. The van der Waals surface area contributed by atoms with E-state index in [4.69, 9.17) is 4.74 Å². The lowest BCUT2D eigenvalue weighted by molar-refractivity contribution is 0.242. The third-order valence-electron chi connectivity index (χ3n) is 3.59. The first-order valence-corrected chi connectivity index (χ1v) is 6.80. The summed E-state index contributed by atoms with van der Waals surface area (Å²) >= 11 is 0. The van der Waals surface area contributed by atoms with Crippen LogP contribution in [0.1, 0.15) is 19.3 Å². The minimum Gasteiger partial charge on any atom is -0.465 e. The lowest BCUT2D eigenvalue weighted by Gasteiger charge is -2.22. The van der Waals surface area contributed by atoms with E-state index < -0.39 is 0 Å². The first kappa shape index (κ1) is 12.4. The van der Waals surface area contributed by atoms with Crippen LogP contribution in [0.4, 0.5) is 4.39 Å². The van der Waals surface area contributed by atoms with E-state index in [1.165, 1.54) is 25.0 Å². The van der Waals surface area contributed by atoms with E-state index in [0.29, 0.717) is 24.1 Å². The Balaban J connectivity index is 1.56. The number of hydrogen-bond donors (Lipinski definition) is 2. The number of piperidine rings is 1. The normalized spacial score (nSPS) is 19.7. The molecule has 1 fully saturated rings. The molecule has 1 saturated heterocycles. The van der Waals surface area contributed by atoms with Gasteiger partial charge < -0.3 is 15.0 Å².